The van der Waals surface area contributed by atoms with Gasteiger partial charge in [0.25, 0.3) is 0 Å². The molecule has 0 bridgehead atoms. The van der Waals surface area contributed by atoms with Crippen molar-refractivity contribution >= 4 is 55.7 Å². The minimum atomic E-state index is -0.125. The Morgan fingerprint density at radius 2 is 0.950 bits per heavy atom. The molecule has 40 heavy (non-hydrogen) atoms. The Bertz CT molecular complexity index is 2100. The Balaban J connectivity index is 1.57. The molecule has 0 radical (unpaired) electrons. The third-order valence-corrected chi connectivity index (χ3v) is 9.51. The summed E-state index contributed by atoms with van der Waals surface area (Å²) in [6.07, 6.45) is 6.98. The molecule has 0 N–H and O–H groups in total. The van der Waals surface area contributed by atoms with Gasteiger partial charge in [0, 0.05) is 33.2 Å². The minimum Gasteiger partial charge on any atom is -0.256 e. The SMILES string of the molecule is CC1(C)C(c2c3ccccc3c(C3=Cc4ccccc4C3(C)C)c3c2cnc2ccccc23)=Cc2ccccc21. The summed E-state index contributed by atoms with van der Waals surface area (Å²) in [7, 11) is 0. The number of fused-ring (bicyclic) bond motifs is 6. The number of allylic oxidation sites excluding steroid dienone is 2. The molecular formula is C39H31N. The van der Waals surface area contributed by atoms with E-state index in [2.05, 4.69) is 143 Å². The Morgan fingerprint density at radius 1 is 0.475 bits per heavy atom. The second-order valence-corrected chi connectivity index (χ2v) is 12.4. The van der Waals surface area contributed by atoms with Gasteiger partial charge in [-0.05, 0) is 73.5 Å². The smallest absolute Gasteiger partial charge is 0.0708 e. The van der Waals surface area contributed by atoms with Gasteiger partial charge in [-0.1, -0.05) is 119 Å². The summed E-state index contributed by atoms with van der Waals surface area (Å²) in [4.78, 5) is 5.04. The van der Waals surface area contributed by atoms with E-state index in [4.69, 9.17) is 4.98 Å². The predicted octanol–water partition coefficient (Wildman–Crippen LogP) is 10.2. The molecule has 0 spiro atoms. The van der Waals surface area contributed by atoms with Crippen molar-refractivity contribution in [3.05, 3.63) is 137 Å². The van der Waals surface area contributed by atoms with E-state index in [1.165, 1.54) is 71.5 Å². The fourth-order valence-electron chi connectivity index (χ4n) is 7.48. The van der Waals surface area contributed by atoms with Crippen molar-refractivity contribution in [1.29, 1.82) is 0 Å². The standard InChI is InChI=1S/C39H31N/c1-38(2)30-18-10-5-13-24(30)21-32(38)35-26-15-7-8-16-27(26)37(33-22-25-14-6-11-19-31(25)39(33,3)4)36-28-17-9-12-20-34(28)40-23-29(35)36/h5-23H,1-4H3. The summed E-state index contributed by atoms with van der Waals surface area (Å²) < 4.78 is 0. The molecule has 2 aliphatic rings. The molecule has 0 saturated heterocycles. The van der Waals surface area contributed by atoms with Gasteiger partial charge >= 0.3 is 0 Å². The number of aromatic nitrogens is 1. The Labute approximate surface area is 235 Å². The van der Waals surface area contributed by atoms with Gasteiger partial charge in [-0.25, -0.2) is 0 Å². The molecular weight excluding hydrogens is 482 g/mol. The van der Waals surface area contributed by atoms with Crippen molar-refractivity contribution in [2.24, 2.45) is 0 Å². The van der Waals surface area contributed by atoms with Gasteiger partial charge < -0.3 is 0 Å². The summed E-state index contributed by atoms with van der Waals surface area (Å²) >= 11 is 0. The minimum absolute atomic E-state index is 0.123. The lowest BCUT2D eigenvalue weighted by atomic mass is 9.72. The highest BCUT2D eigenvalue weighted by Crippen LogP contribution is 2.55. The zero-order chi connectivity index (χ0) is 27.2. The van der Waals surface area contributed by atoms with Crippen LogP contribution >= 0.6 is 0 Å². The van der Waals surface area contributed by atoms with E-state index >= 15 is 0 Å². The van der Waals surface area contributed by atoms with Crippen LogP contribution in [0.15, 0.2) is 103 Å². The second-order valence-electron chi connectivity index (χ2n) is 12.4. The van der Waals surface area contributed by atoms with E-state index in [1.807, 2.05) is 0 Å². The summed E-state index contributed by atoms with van der Waals surface area (Å²) in [5, 5.41) is 6.35. The Morgan fingerprint density at radius 3 is 1.55 bits per heavy atom. The number of hydrogen-bond acceptors (Lipinski definition) is 1. The molecule has 2 aliphatic carbocycles. The van der Waals surface area contributed by atoms with E-state index in [-0.39, 0.29) is 10.8 Å². The van der Waals surface area contributed by atoms with Gasteiger partial charge in [0.2, 0.25) is 0 Å². The molecule has 1 nitrogen and oxygen atoms in total. The molecule has 0 saturated carbocycles. The van der Waals surface area contributed by atoms with Crippen molar-refractivity contribution < 1.29 is 0 Å². The fourth-order valence-corrected chi connectivity index (χ4v) is 7.48. The van der Waals surface area contributed by atoms with Crippen molar-refractivity contribution in [3.63, 3.8) is 0 Å². The quantitative estimate of drug-likeness (QED) is 0.166. The van der Waals surface area contributed by atoms with Gasteiger partial charge in [0.05, 0.1) is 5.52 Å². The zero-order valence-corrected chi connectivity index (χ0v) is 23.4. The van der Waals surface area contributed by atoms with E-state index < -0.39 is 0 Å². The second kappa shape index (κ2) is 8.02. The maximum Gasteiger partial charge on any atom is 0.0708 e. The average Bonchev–Trinajstić information content (AvgIpc) is 3.40. The highest BCUT2D eigenvalue weighted by molar-refractivity contribution is 6.25. The third kappa shape index (κ3) is 3.01. The first kappa shape index (κ1) is 23.4. The highest BCUT2D eigenvalue weighted by atomic mass is 14.7. The van der Waals surface area contributed by atoms with E-state index in [0.29, 0.717) is 0 Å². The van der Waals surface area contributed by atoms with Crippen molar-refractivity contribution in [3.8, 4) is 0 Å². The maximum atomic E-state index is 5.04. The number of nitrogens with zero attached hydrogens (tertiary/aromatic N) is 1. The summed E-state index contributed by atoms with van der Waals surface area (Å²) in [6.45, 7) is 9.49. The lowest BCUT2D eigenvalue weighted by Gasteiger charge is -2.30. The van der Waals surface area contributed by atoms with Crippen molar-refractivity contribution in [2.75, 3.05) is 0 Å². The van der Waals surface area contributed by atoms with E-state index in [1.54, 1.807) is 0 Å². The number of hydrogen-bond donors (Lipinski definition) is 0. The molecule has 0 aliphatic heterocycles. The Kier molecular flexibility index (Phi) is 4.69. The number of benzene rings is 5. The van der Waals surface area contributed by atoms with Crippen LogP contribution in [0.5, 0.6) is 0 Å². The first-order valence-corrected chi connectivity index (χ1v) is 14.2. The van der Waals surface area contributed by atoms with Crippen LogP contribution in [0.1, 0.15) is 61.1 Å². The van der Waals surface area contributed by atoms with Crippen LogP contribution in [0.2, 0.25) is 0 Å². The van der Waals surface area contributed by atoms with Crippen LogP contribution in [0.4, 0.5) is 0 Å². The first-order valence-electron chi connectivity index (χ1n) is 14.2. The Hall–Kier alpha value is -4.49. The molecule has 0 unspecified atom stereocenters. The van der Waals surface area contributed by atoms with Gasteiger partial charge in [-0.2, -0.15) is 0 Å². The number of pyridine rings is 1. The molecule has 5 aromatic carbocycles. The van der Waals surface area contributed by atoms with Gasteiger partial charge in [0.15, 0.2) is 0 Å². The molecule has 1 aromatic heterocycles. The van der Waals surface area contributed by atoms with Gasteiger partial charge in [0.1, 0.15) is 0 Å². The van der Waals surface area contributed by atoms with Crippen LogP contribution in [0.25, 0.3) is 55.7 Å². The van der Waals surface area contributed by atoms with Crippen molar-refractivity contribution in [2.45, 2.75) is 38.5 Å². The van der Waals surface area contributed by atoms with Crippen LogP contribution in [-0.4, -0.2) is 4.98 Å². The van der Waals surface area contributed by atoms with Crippen LogP contribution < -0.4 is 0 Å². The van der Waals surface area contributed by atoms with Gasteiger partial charge in [-0.3, -0.25) is 4.98 Å². The highest BCUT2D eigenvalue weighted by Gasteiger charge is 2.38. The first-order chi connectivity index (χ1) is 19.4. The fraction of sp³-hybridized carbons (Fsp3) is 0.154. The predicted molar refractivity (Wildman–Crippen MR) is 171 cm³/mol. The molecule has 0 fully saturated rings. The topological polar surface area (TPSA) is 12.9 Å². The van der Waals surface area contributed by atoms with Gasteiger partial charge in [-0.15, -0.1) is 0 Å². The summed E-state index contributed by atoms with van der Waals surface area (Å²) in [5.41, 5.74) is 11.6. The van der Waals surface area contributed by atoms with Crippen LogP contribution in [-0.2, 0) is 10.8 Å². The summed E-state index contributed by atoms with van der Waals surface area (Å²) in [5.74, 6) is 0. The molecule has 6 aromatic rings. The molecule has 0 amide bonds. The average molecular weight is 514 g/mol. The van der Waals surface area contributed by atoms with E-state index in [0.717, 1.165) is 5.52 Å². The molecule has 192 valence electrons. The van der Waals surface area contributed by atoms with Crippen LogP contribution in [0.3, 0.4) is 0 Å². The maximum absolute atomic E-state index is 5.04. The number of para-hydroxylation sites is 1. The van der Waals surface area contributed by atoms with E-state index in [9.17, 15) is 0 Å². The lowest BCUT2D eigenvalue weighted by molar-refractivity contribution is 0.704. The molecule has 8 rings (SSSR count). The molecule has 1 heteroatoms. The monoisotopic (exact) mass is 513 g/mol. The largest absolute Gasteiger partial charge is 0.256 e. The lowest BCUT2D eigenvalue weighted by Crippen LogP contribution is -2.18. The zero-order valence-electron chi connectivity index (χ0n) is 23.4. The molecule has 1 heterocycles. The van der Waals surface area contributed by atoms with Crippen LogP contribution in [0, 0.1) is 0 Å². The number of rotatable bonds is 2. The molecule has 0 atom stereocenters. The summed E-state index contributed by atoms with van der Waals surface area (Å²) in [6, 6.07) is 35.4. The normalized spacial score (nSPS) is 16.7. The third-order valence-electron chi connectivity index (χ3n) is 9.51. The van der Waals surface area contributed by atoms with Crippen molar-refractivity contribution in [1.82, 2.24) is 4.98 Å².